The molecule has 0 saturated carbocycles. The molecule has 0 amide bonds. The summed E-state index contributed by atoms with van der Waals surface area (Å²) in [7, 11) is 0. The highest BCUT2D eigenvalue weighted by atomic mass is 14.6. The quantitative estimate of drug-likeness (QED) is 0.684. The van der Waals surface area contributed by atoms with Crippen LogP contribution in [0.2, 0.25) is 0 Å². The number of rotatable bonds is 6. The first-order valence-corrected chi connectivity index (χ1v) is 5.23. The summed E-state index contributed by atoms with van der Waals surface area (Å²) in [5.41, 5.74) is 7.34. The first-order chi connectivity index (χ1) is 6.83. The molecule has 2 N–H and O–H groups in total. The van der Waals surface area contributed by atoms with E-state index in [1.807, 2.05) is 12.1 Å². The van der Waals surface area contributed by atoms with Crippen molar-refractivity contribution in [3.05, 3.63) is 48.6 Å². The molecule has 0 radical (unpaired) electrons. The van der Waals surface area contributed by atoms with Gasteiger partial charge in [-0.1, -0.05) is 36.4 Å². The van der Waals surface area contributed by atoms with Gasteiger partial charge in [-0.15, -0.1) is 6.58 Å². The van der Waals surface area contributed by atoms with Gasteiger partial charge in [0.2, 0.25) is 0 Å². The normalized spacial score (nSPS) is 12.4. The van der Waals surface area contributed by atoms with Crippen LogP contribution < -0.4 is 5.73 Å². The van der Waals surface area contributed by atoms with Crippen molar-refractivity contribution in [3.63, 3.8) is 0 Å². The molecule has 0 heterocycles. The van der Waals surface area contributed by atoms with E-state index < -0.39 is 0 Å². The lowest BCUT2D eigenvalue weighted by atomic mass is 10.0. The summed E-state index contributed by atoms with van der Waals surface area (Å²) in [6.07, 6.45) is 6.16. The van der Waals surface area contributed by atoms with E-state index in [0.29, 0.717) is 6.04 Å². The van der Waals surface area contributed by atoms with Crippen molar-refractivity contribution in [2.75, 3.05) is 0 Å². The van der Waals surface area contributed by atoms with E-state index in [-0.39, 0.29) is 0 Å². The molecule has 1 aromatic carbocycles. The van der Waals surface area contributed by atoms with Crippen LogP contribution >= 0.6 is 0 Å². The number of allylic oxidation sites excluding steroid dienone is 1. The first-order valence-electron chi connectivity index (χ1n) is 5.23. The van der Waals surface area contributed by atoms with Gasteiger partial charge in [-0.05, 0) is 31.2 Å². The van der Waals surface area contributed by atoms with Crippen LogP contribution in [0.15, 0.2) is 43.0 Å². The topological polar surface area (TPSA) is 26.0 Å². The molecule has 0 aliphatic carbocycles. The molecule has 1 atom stereocenters. The Morgan fingerprint density at radius 3 is 2.57 bits per heavy atom. The third-order valence-electron chi connectivity index (χ3n) is 2.39. The summed E-state index contributed by atoms with van der Waals surface area (Å²) in [5.74, 6) is 0. The van der Waals surface area contributed by atoms with Crippen molar-refractivity contribution >= 4 is 0 Å². The van der Waals surface area contributed by atoms with Gasteiger partial charge in [0.05, 0.1) is 0 Å². The van der Waals surface area contributed by atoms with Crippen LogP contribution in [0.1, 0.15) is 24.8 Å². The van der Waals surface area contributed by atoms with Gasteiger partial charge in [0, 0.05) is 6.04 Å². The zero-order valence-electron chi connectivity index (χ0n) is 8.65. The molecule has 76 valence electrons. The van der Waals surface area contributed by atoms with Crippen molar-refractivity contribution in [1.82, 2.24) is 0 Å². The van der Waals surface area contributed by atoms with Crippen LogP contribution in [-0.2, 0) is 6.42 Å². The minimum atomic E-state index is 0.313. The third-order valence-corrected chi connectivity index (χ3v) is 2.39. The first kappa shape index (κ1) is 11.0. The summed E-state index contributed by atoms with van der Waals surface area (Å²) in [6.45, 7) is 3.70. The van der Waals surface area contributed by atoms with E-state index >= 15 is 0 Å². The molecule has 14 heavy (non-hydrogen) atoms. The Kier molecular flexibility index (Phi) is 5.02. The fourth-order valence-corrected chi connectivity index (χ4v) is 1.47. The number of hydrogen-bond acceptors (Lipinski definition) is 1. The number of benzene rings is 1. The van der Waals surface area contributed by atoms with Crippen molar-refractivity contribution in [2.24, 2.45) is 5.73 Å². The van der Waals surface area contributed by atoms with Gasteiger partial charge in [0.25, 0.3) is 0 Å². The van der Waals surface area contributed by atoms with E-state index in [4.69, 9.17) is 5.73 Å². The fraction of sp³-hybridized carbons (Fsp3) is 0.385. The Morgan fingerprint density at radius 2 is 1.93 bits per heavy atom. The average Bonchev–Trinajstić information content (AvgIpc) is 2.25. The molecule has 0 aliphatic heterocycles. The summed E-state index contributed by atoms with van der Waals surface area (Å²) in [4.78, 5) is 0. The van der Waals surface area contributed by atoms with Gasteiger partial charge in [-0.2, -0.15) is 0 Å². The Labute approximate surface area is 86.6 Å². The summed E-state index contributed by atoms with van der Waals surface area (Å²) in [6, 6.07) is 10.8. The highest BCUT2D eigenvalue weighted by Crippen LogP contribution is 2.07. The van der Waals surface area contributed by atoms with Crippen LogP contribution in [0.25, 0.3) is 0 Å². The lowest BCUT2D eigenvalue weighted by Crippen LogP contribution is -2.20. The molecule has 1 aromatic rings. The van der Waals surface area contributed by atoms with E-state index in [0.717, 1.165) is 25.7 Å². The Morgan fingerprint density at radius 1 is 1.21 bits per heavy atom. The smallest absolute Gasteiger partial charge is 0.00449 e. The molecular weight excluding hydrogens is 170 g/mol. The lowest BCUT2D eigenvalue weighted by Gasteiger charge is -2.09. The van der Waals surface area contributed by atoms with Crippen LogP contribution in [-0.4, -0.2) is 6.04 Å². The number of nitrogens with two attached hydrogens (primary N) is 1. The maximum Gasteiger partial charge on any atom is 0.00449 e. The van der Waals surface area contributed by atoms with Gasteiger partial charge in [-0.25, -0.2) is 0 Å². The van der Waals surface area contributed by atoms with Crippen LogP contribution in [0.3, 0.4) is 0 Å². The van der Waals surface area contributed by atoms with Gasteiger partial charge < -0.3 is 5.73 Å². The fourth-order valence-electron chi connectivity index (χ4n) is 1.47. The molecule has 0 aliphatic rings. The molecule has 0 aromatic heterocycles. The molecule has 0 spiro atoms. The third kappa shape index (κ3) is 4.24. The predicted molar refractivity (Wildman–Crippen MR) is 62.2 cm³/mol. The summed E-state index contributed by atoms with van der Waals surface area (Å²) < 4.78 is 0. The van der Waals surface area contributed by atoms with Crippen LogP contribution in [0.5, 0.6) is 0 Å². The molecule has 0 bridgehead atoms. The highest BCUT2D eigenvalue weighted by Gasteiger charge is 2.01. The summed E-state index contributed by atoms with van der Waals surface area (Å²) in [5, 5.41) is 0. The van der Waals surface area contributed by atoms with Crippen LogP contribution in [0, 0.1) is 0 Å². The van der Waals surface area contributed by atoms with Crippen molar-refractivity contribution < 1.29 is 0 Å². The van der Waals surface area contributed by atoms with E-state index in [9.17, 15) is 0 Å². The zero-order valence-corrected chi connectivity index (χ0v) is 8.65. The van der Waals surface area contributed by atoms with Crippen molar-refractivity contribution in [2.45, 2.75) is 31.7 Å². The predicted octanol–water partition coefficient (Wildman–Crippen LogP) is 2.91. The Hall–Kier alpha value is -1.08. The maximum atomic E-state index is 5.96. The second-order valence-electron chi connectivity index (χ2n) is 3.65. The zero-order chi connectivity index (χ0) is 10.2. The lowest BCUT2D eigenvalue weighted by molar-refractivity contribution is 0.574. The molecule has 0 fully saturated rings. The molecule has 1 unspecified atom stereocenters. The molecule has 1 nitrogen and oxygen atoms in total. The maximum absolute atomic E-state index is 5.96. The van der Waals surface area contributed by atoms with Crippen molar-refractivity contribution in [1.29, 1.82) is 0 Å². The second kappa shape index (κ2) is 6.39. The minimum Gasteiger partial charge on any atom is -0.328 e. The SMILES string of the molecule is C=CCCC(N)CCc1ccccc1. The highest BCUT2D eigenvalue weighted by molar-refractivity contribution is 5.14. The molecule has 0 saturated heterocycles. The average molecular weight is 189 g/mol. The van der Waals surface area contributed by atoms with E-state index in [1.54, 1.807) is 0 Å². The van der Waals surface area contributed by atoms with E-state index in [1.165, 1.54) is 5.56 Å². The van der Waals surface area contributed by atoms with Gasteiger partial charge in [0.15, 0.2) is 0 Å². The van der Waals surface area contributed by atoms with E-state index in [2.05, 4.69) is 30.8 Å². The summed E-state index contributed by atoms with van der Waals surface area (Å²) >= 11 is 0. The molecule has 1 heteroatoms. The van der Waals surface area contributed by atoms with Gasteiger partial charge in [0.1, 0.15) is 0 Å². The Bertz CT molecular complexity index is 253. The van der Waals surface area contributed by atoms with Crippen molar-refractivity contribution in [3.8, 4) is 0 Å². The van der Waals surface area contributed by atoms with Gasteiger partial charge in [-0.3, -0.25) is 0 Å². The monoisotopic (exact) mass is 189 g/mol. The van der Waals surface area contributed by atoms with Gasteiger partial charge >= 0.3 is 0 Å². The molecule has 1 rings (SSSR count). The minimum absolute atomic E-state index is 0.313. The molecular formula is C13H19N. The second-order valence-corrected chi connectivity index (χ2v) is 3.65. The van der Waals surface area contributed by atoms with Crippen LogP contribution in [0.4, 0.5) is 0 Å². The standard InChI is InChI=1S/C13H19N/c1-2-3-9-13(14)11-10-12-7-5-4-6-8-12/h2,4-8,13H,1,3,9-11,14H2. The number of hydrogen-bond donors (Lipinski definition) is 1. The number of aryl methyl sites for hydroxylation is 1. The Balaban J connectivity index is 2.23. The largest absolute Gasteiger partial charge is 0.328 e.